The number of hydrogen-bond acceptors (Lipinski definition) is 4. The number of rotatable bonds is 3. The van der Waals surface area contributed by atoms with Crippen LogP contribution < -0.4 is 10.2 Å². The summed E-state index contributed by atoms with van der Waals surface area (Å²) < 4.78 is 11.6. The molecule has 0 N–H and O–H groups in total. The van der Waals surface area contributed by atoms with Crippen molar-refractivity contribution >= 4 is 51.7 Å². The number of fused-ring (bicyclic) bond motifs is 1. The Kier molecular flexibility index (Phi) is 5.80. The summed E-state index contributed by atoms with van der Waals surface area (Å²) >= 11 is 18.4. The molecule has 0 atom stereocenters. The van der Waals surface area contributed by atoms with Crippen molar-refractivity contribution < 1.29 is 13.9 Å². The zero-order chi connectivity index (χ0) is 22.3. The quantitative estimate of drug-likeness (QED) is 0.294. The number of ether oxygens (including phenoxy) is 1. The predicted molar refractivity (Wildman–Crippen MR) is 124 cm³/mol. The highest BCUT2D eigenvalue weighted by Crippen LogP contribution is 2.36. The Labute approximate surface area is 192 Å². The lowest BCUT2D eigenvalue weighted by atomic mass is 10.0. The number of esters is 1. The van der Waals surface area contributed by atoms with Crippen LogP contribution in [0.5, 0.6) is 5.75 Å². The normalized spacial score (nSPS) is 11.0. The van der Waals surface area contributed by atoms with E-state index in [1.165, 1.54) is 18.2 Å². The van der Waals surface area contributed by atoms with Gasteiger partial charge in [0.25, 0.3) is 0 Å². The molecule has 0 aliphatic heterocycles. The van der Waals surface area contributed by atoms with Gasteiger partial charge in [-0.05, 0) is 67.4 Å². The van der Waals surface area contributed by atoms with E-state index in [2.05, 4.69) is 0 Å². The summed E-state index contributed by atoms with van der Waals surface area (Å²) in [6, 6.07) is 14.7. The van der Waals surface area contributed by atoms with Gasteiger partial charge >= 0.3 is 5.97 Å². The van der Waals surface area contributed by atoms with Gasteiger partial charge < -0.3 is 9.15 Å². The summed E-state index contributed by atoms with van der Waals surface area (Å²) in [4.78, 5) is 26.2. The molecule has 0 spiro atoms. The molecule has 1 aromatic heterocycles. The third kappa shape index (κ3) is 4.07. The highest BCUT2D eigenvalue weighted by Gasteiger charge is 2.24. The molecule has 0 bridgehead atoms. The first-order valence-electron chi connectivity index (χ1n) is 9.26. The maximum Gasteiger partial charge on any atom is 0.345 e. The Morgan fingerprint density at radius 1 is 0.903 bits per heavy atom. The van der Waals surface area contributed by atoms with Crippen LogP contribution in [-0.2, 0) is 0 Å². The Morgan fingerprint density at radius 2 is 1.61 bits per heavy atom. The van der Waals surface area contributed by atoms with E-state index in [-0.39, 0.29) is 22.1 Å². The molecule has 1 heterocycles. The van der Waals surface area contributed by atoms with E-state index in [0.29, 0.717) is 26.6 Å². The zero-order valence-electron chi connectivity index (χ0n) is 16.5. The van der Waals surface area contributed by atoms with Crippen molar-refractivity contribution in [2.45, 2.75) is 13.8 Å². The number of hydrogen-bond donors (Lipinski definition) is 0. The van der Waals surface area contributed by atoms with E-state index in [4.69, 9.17) is 44.0 Å². The van der Waals surface area contributed by atoms with Gasteiger partial charge in [0.15, 0.2) is 5.76 Å². The van der Waals surface area contributed by atoms with Gasteiger partial charge in [0, 0.05) is 10.6 Å². The minimum absolute atomic E-state index is 0.0600. The summed E-state index contributed by atoms with van der Waals surface area (Å²) in [5, 5.41) is 1.11. The molecule has 4 nitrogen and oxygen atoms in total. The second kappa shape index (κ2) is 8.39. The number of aryl methyl sites for hydroxylation is 2. The molecule has 156 valence electrons. The molecular formula is C24H15Cl3O4. The molecular weight excluding hydrogens is 459 g/mol. The standard InChI is InChI=1S/C24H15Cl3O4/c1-12-9-17-20(10-13(12)2)30-22(15-5-3-4-6-18(15)26)23(21(17)28)31-24(29)16-8-7-14(25)11-19(16)27/h3-11H,1-2H3. The molecule has 0 saturated heterocycles. The van der Waals surface area contributed by atoms with Crippen LogP contribution >= 0.6 is 34.8 Å². The van der Waals surface area contributed by atoms with Gasteiger partial charge in [-0.3, -0.25) is 4.79 Å². The average molecular weight is 474 g/mol. The monoisotopic (exact) mass is 472 g/mol. The summed E-state index contributed by atoms with van der Waals surface area (Å²) in [5.41, 5.74) is 2.23. The van der Waals surface area contributed by atoms with Gasteiger partial charge in [0.2, 0.25) is 11.2 Å². The fourth-order valence-corrected chi connectivity index (χ4v) is 3.86. The van der Waals surface area contributed by atoms with E-state index in [1.807, 2.05) is 13.8 Å². The molecule has 7 heteroatoms. The lowest BCUT2D eigenvalue weighted by Crippen LogP contribution is -2.17. The fourth-order valence-electron chi connectivity index (χ4n) is 3.15. The molecule has 0 aliphatic rings. The summed E-state index contributed by atoms with van der Waals surface area (Å²) in [6.07, 6.45) is 0. The molecule has 0 fully saturated rings. The highest BCUT2D eigenvalue weighted by atomic mass is 35.5. The van der Waals surface area contributed by atoms with Gasteiger partial charge in [-0.25, -0.2) is 4.79 Å². The predicted octanol–water partition coefficient (Wildman–Crippen LogP) is 7.26. The minimum atomic E-state index is -0.814. The Hall–Kier alpha value is -2.79. The molecule has 0 amide bonds. The Morgan fingerprint density at radius 3 is 2.32 bits per heavy atom. The SMILES string of the molecule is Cc1cc2oc(-c3ccccc3Cl)c(OC(=O)c3ccc(Cl)cc3Cl)c(=O)c2cc1C. The molecule has 0 radical (unpaired) electrons. The van der Waals surface area contributed by atoms with Crippen molar-refractivity contribution in [3.05, 3.63) is 96.6 Å². The van der Waals surface area contributed by atoms with E-state index >= 15 is 0 Å². The van der Waals surface area contributed by atoms with Crippen LogP contribution in [0, 0.1) is 13.8 Å². The number of carbonyl (C=O) groups is 1. The van der Waals surface area contributed by atoms with Crippen LogP contribution in [-0.4, -0.2) is 5.97 Å². The molecule has 4 aromatic rings. The van der Waals surface area contributed by atoms with Crippen LogP contribution in [0.2, 0.25) is 15.1 Å². The molecule has 3 aromatic carbocycles. The first-order chi connectivity index (χ1) is 14.8. The molecule has 31 heavy (non-hydrogen) atoms. The van der Waals surface area contributed by atoms with E-state index in [1.54, 1.807) is 36.4 Å². The van der Waals surface area contributed by atoms with Crippen molar-refractivity contribution in [2.24, 2.45) is 0 Å². The van der Waals surface area contributed by atoms with Crippen molar-refractivity contribution in [1.29, 1.82) is 0 Å². The molecule has 0 aliphatic carbocycles. The van der Waals surface area contributed by atoms with Gasteiger partial charge in [-0.2, -0.15) is 0 Å². The van der Waals surface area contributed by atoms with Crippen molar-refractivity contribution in [3.63, 3.8) is 0 Å². The van der Waals surface area contributed by atoms with Gasteiger partial charge in [0.1, 0.15) is 5.58 Å². The number of carbonyl (C=O) groups excluding carboxylic acids is 1. The second-order valence-corrected chi connectivity index (χ2v) is 8.27. The summed E-state index contributed by atoms with van der Waals surface area (Å²) in [7, 11) is 0. The maximum atomic E-state index is 13.4. The first kappa shape index (κ1) is 21.4. The van der Waals surface area contributed by atoms with Crippen molar-refractivity contribution in [3.8, 4) is 17.1 Å². The molecule has 4 rings (SSSR count). The second-order valence-electron chi connectivity index (χ2n) is 7.02. The van der Waals surface area contributed by atoms with E-state index in [0.717, 1.165) is 11.1 Å². The highest BCUT2D eigenvalue weighted by molar-refractivity contribution is 6.36. The first-order valence-corrected chi connectivity index (χ1v) is 10.4. The van der Waals surface area contributed by atoms with Gasteiger partial charge in [0.05, 0.1) is 21.0 Å². The fraction of sp³-hybridized carbons (Fsp3) is 0.0833. The minimum Gasteiger partial charge on any atom is -0.452 e. The van der Waals surface area contributed by atoms with Crippen LogP contribution in [0.1, 0.15) is 21.5 Å². The molecule has 0 saturated carbocycles. The van der Waals surface area contributed by atoms with Crippen LogP contribution in [0.25, 0.3) is 22.3 Å². The molecule has 0 unspecified atom stereocenters. The van der Waals surface area contributed by atoms with E-state index < -0.39 is 11.4 Å². The number of halogens is 3. The Bertz CT molecular complexity index is 1410. The summed E-state index contributed by atoms with van der Waals surface area (Å²) in [5.74, 6) is -1.02. The van der Waals surface area contributed by atoms with Crippen LogP contribution in [0.15, 0.2) is 63.8 Å². The third-order valence-corrected chi connectivity index (χ3v) is 5.81. The topological polar surface area (TPSA) is 56.5 Å². The zero-order valence-corrected chi connectivity index (χ0v) is 18.7. The number of benzene rings is 3. The van der Waals surface area contributed by atoms with Crippen LogP contribution in [0.3, 0.4) is 0 Å². The smallest absolute Gasteiger partial charge is 0.345 e. The average Bonchev–Trinajstić information content (AvgIpc) is 2.72. The van der Waals surface area contributed by atoms with E-state index in [9.17, 15) is 9.59 Å². The van der Waals surface area contributed by atoms with Crippen LogP contribution in [0.4, 0.5) is 0 Å². The third-order valence-electron chi connectivity index (χ3n) is 4.93. The maximum absolute atomic E-state index is 13.4. The lowest BCUT2D eigenvalue weighted by molar-refractivity contribution is 0.0731. The van der Waals surface area contributed by atoms with Gasteiger partial charge in [-0.15, -0.1) is 0 Å². The van der Waals surface area contributed by atoms with Crippen molar-refractivity contribution in [2.75, 3.05) is 0 Å². The summed E-state index contributed by atoms with van der Waals surface area (Å²) in [6.45, 7) is 3.80. The Balaban J connectivity index is 1.96. The lowest BCUT2D eigenvalue weighted by Gasteiger charge is -2.13. The van der Waals surface area contributed by atoms with Crippen molar-refractivity contribution in [1.82, 2.24) is 0 Å². The van der Waals surface area contributed by atoms with Gasteiger partial charge in [-0.1, -0.05) is 46.9 Å². The largest absolute Gasteiger partial charge is 0.452 e.